The van der Waals surface area contributed by atoms with Gasteiger partial charge in [0, 0.05) is 31.9 Å². The number of hydrogen-bond acceptors (Lipinski definition) is 6. The van der Waals surface area contributed by atoms with E-state index in [1.54, 1.807) is 11.0 Å². The van der Waals surface area contributed by atoms with Gasteiger partial charge in [0.05, 0.1) is 24.6 Å². The van der Waals surface area contributed by atoms with Gasteiger partial charge in [-0.15, -0.1) is 11.3 Å². The summed E-state index contributed by atoms with van der Waals surface area (Å²) in [5.74, 6) is -0.0386. The summed E-state index contributed by atoms with van der Waals surface area (Å²) in [4.78, 5) is 20.3. The Kier molecular flexibility index (Phi) is 7.04. The lowest BCUT2D eigenvalue weighted by Crippen LogP contribution is -2.40. The first-order chi connectivity index (χ1) is 15.3. The van der Waals surface area contributed by atoms with Crippen LogP contribution < -0.4 is 4.72 Å². The van der Waals surface area contributed by atoms with Gasteiger partial charge in [-0.2, -0.15) is 0 Å². The summed E-state index contributed by atoms with van der Waals surface area (Å²) < 4.78 is 36.5. The fourth-order valence-electron chi connectivity index (χ4n) is 4.44. The molecule has 0 spiro atoms. The molecule has 1 amide bonds. The van der Waals surface area contributed by atoms with E-state index in [4.69, 9.17) is 4.74 Å². The van der Waals surface area contributed by atoms with Crippen LogP contribution in [0.4, 0.5) is 0 Å². The summed E-state index contributed by atoms with van der Waals surface area (Å²) in [6, 6.07) is 1.68. The molecule has 1 saturated carbocycles. The first-order valence-corrected chi connectivity index (χ1v) is 13.6. The first-order valence-electron chi connectivity index (χ1n) is 11.3. The third-order valence-corrected chi connectivity index (χ3v) is 9.27. The minimum Gasteiger partial charge on any atom is -0.378 e. The van der Waals surface area contributed by atoms with E-state index in [0.717, 1.165) is 25.7 Å². The number of nitrogens with one attached hydrogen (secondary N) is 1. The molecular weight excluding hydrogens is 448 g/mol. The van der Waals surface area contributed by atoms with Crippen molar-refractivity contribution in [1.82, 2.24) is 19.2 Å². The van der Waals surface area contributed by atoms with Gasteiger partial charge in [-0.3, -0.25) is 4.79 Å². The summed E-state index contributed by atoms with van der Waals surface area (Å²) in [6.45, 7) is 5.87. The van der Waals surface area contributed by atoms with Crippen LogP contribution >= 0.6 is 11.3 Å². The van der Waals surface area contributed by atoms with Crippen LogP contribution in [0.5, 0.6) is 0 Å². The molecule has 1 aliphatic carbocycles. The Balaban J connectivity index is 1.60. The molecule has 2 aromatic heterocycles. The second kappa shape index (κ2) is 9.62. The normalized spacial score (nSPS) is 18.7. The zero-order chi connectivity index (χ0) is 22.9. The van der Waals surface area contributed by atoms with Crippen LogP contribution in [-0.2, 0) is 21.8 Å². The number of morpholine rings is 1. The summed E-state index contributed by atoms with van der Waals surface area (Å²) in [6.07, 6.45) is 6.23. The summed E-state index contributed by atoms with van der Waals surface area (Å²) in [7, 11) is -1.79. The van der Waals surface area contributed by atoms with Gasteiger partial charge < -0.3 is 14.2 Å². The van der Waals surface area contributed by atoms with E-state index in [1.807, 2.05) is 25.5 Å². The maximum Gasteiger partial charge on any atom is 0.266 e. The SMILES string of the molecule is Cc1nc(-c2cc(S(=O)(=O)NC3CCCCCC3)c(C)n2C)sc1C(=O)N1CCOCC1. The molecule has 8 nitrogen and oxygen atoms in total. The van der Waals surface area contributed by atoms with Crippen molar-refractivity contribution in [2.24, 2.45) is 7.05 Å². The second-order valence-electron chi connectivity index (χ2n) is 8.69. The lowest BCUT2D eigenvalue weighted by atomic mass is 10.1. The number of aromatic nitrogens is 2. The largest absolute Gasteiger partial charge is 0.378 e. The van der Waals surface area contributed by atoms with Crippen LogP contribution in [0.2, 0.25) is 0 Å². The molecule has 0 unspecified atom stereocenters. The fourth-order valence-corrected chi connectivity index (χ4v) is 7.12. The van der Waals surface area contributed by atoms with Gasteiger partial charge in [0.1, 0.15) is 14.8 Å². The number of aryl methyl sites for hydroxylation is 1. The quantitative estimate of drug-likeness (QED) is 0.663. The van der Waals surface area contributed by atoms with Crippen molar-refractivity contribution in [2.75, 3.05) is 26.3 Å². The molecule has 10 heteroatoms. The lowest BCUT2D eigenvalue weighted by Gasteiger charge is -2.26. The summed E-state index contributed by atoms with van der Waals surface area (Å²) in [5.41, 5.74) is 2.04. The standard InChI is InChI=1S/C22H32N4O4S2/c1-15-20(22(27)26-10-12-30-13-11-26)31-21(23-15)18-14-19(16(2)25(18)3)32(28,29)24-17-8-6-4-5-7-9-17/h14,17,24H,4-13H2,1-3H3. The molecule has 2 fully saturated rings. The lowest BCUT2D eigenvalue weighted by molar-refractivity contribution is 0.0305. The van der Waals surface area contributed by atoms with Crippen molar-refractivity contribution < 1.29 is 17.9 Å². The van der Waals surface area contributed by atoms with E-state index < -0.39 is 10.0 Å². The second-order valence-corrected chi connectivity index (χ2v) is 11.4. The average Bonchev–Trinajstić information content (AvgIpc) is 3.17. The number of amides is 1. The summed E-state index contributed by atoms with van der Waals surface area (Å²) >= 11 is 1.32. The van der Waals surface area contributed by atoms with E-state index in [2.05, 4.69) is 9.71 Å². The number of carbonyl (C=O) groups excluding carboxylic acids is 1. The van der Waals surface area contributed by atoms with E-state index in [9.17, 15) is 13.2 Å². The van der Waals surface area contributed by atoms with Gasteiger partial charge in [-0.25, -0.2) is 18.1 Å². The molecule has 176 valence electrons. The number of carbonyl (C=O) groups is 1. The Bertz CT molecular complexity index is 1080. The highest BCUT2D eigenvalue weighted by Crippen LogP contribution is 2.33. The minimum absolute atomic E-state index is 0.00888. The van der Waals surface area contributed by atoms with Crippen molar-refractivity contribution in [3.63, 3.8) is 0 Å². The van der Waals surface area contributed by atoms with Gasteiger partial charge >= 0.3 is 0 Å². The van der Waals surface area contributed by atoms with Crippen LogP contribution in [0, 0.1) is 13.8 Å². The molecule has 2 aromatic rings. The van der Waals surface area contributed by atoms with Crippen molar-refractivity contribution >= 4 is 27.3 Å². The molecule has 3 heterocycles. The number of nitrogens with zero attached hydrogens (tertiary/aromatic N) is 3. The molecule has 0 radical (unpaired) electrons. The third-order valence-electron chi connectivity index (χ3n) is 6.46. The van der Waals surface area contributed by atoms with Crippen LogP contribution in [-0.4, -0.2) is 61.1 Å². The predicted octanol–water partition coefficient (Wildman–Crippen LogP) is 3.24. The van der Waals surface area contributed by atoms with Crippen molar-refractivity contribution in [1.29, 1.82) is 0 Å². The zero-order valence-corrected chi connectivity index (χ0v) is 20.6. The Morgan fingerprint density at radius 1 is 1.16 bits per heavy atom. The maximum atomic E-state index is 13.2. The topological polar surface area (TPSA) is 93.5 Å². The Hall–Kier alpha value is -1.75. The number of rotatable bonds is 5. The molecule has 1 saturated heterocycles. The van der Waals surface area contributed by atoms with Gasteiger partial charge in [-0.1, -0.05) is 25.7 Å². The Morgan fingerprint density at radius 3 is 2.47 bits per heavy atom. The van der Waals surface area contributed by atoms with Gasteiger partial charge in [0.25, 0.3) is 5.91 Å². The zero-order valence-electron chi connectivity index (χ0n) is 19.0. The van der Waals surface area contributed by atoms with E-state index >= 15 is 0 Å². The monoisotopic (exact) mass is 480 g/mol. The Morgan fingerprint density at radius 2 is 1.81 bits per heavy atom. The number of thiazole rings is 1. The first kappa shape index (κ1) is 23.4. The maximum absolute atomic E-state index is 13.2. The predicted molar refractivity (Wildman–Crippen MR) is 125 cm³/mol. The molecule has 0 bridgehead atoms. The van der Waals surface area contributed by atoms with Crippen molar-refractivity contribution in [3.8, 4) is 10.7 Å². The Labute approximate surface area is 194 Å². The number of sulfonamides is 1. The molecule has 1 aliphatic heterocycles. The summed E-state index contributed by atoms with van der Waals surface area (Å²) in [5, 5.41) is 0.653. The average molecular weight is 481 g/mol. The minimum atomic E-state index is -3.64. The number of ether oxygens (including phenoxy) is 1. The highest BCUT2D eigenvalue weighted by Gasteiger charge is 2.28. The van der Waals surface area contributed by atoms with Crippen LogP contribution in [0.1, 0.15) is 59.6 Å². The molecule has 0 atom stereocenters. The van der Waals surface area contributed by atoms with E-state index in [0.29, 0.717) is 53.3 Å². The molecule has 4 rings (SSSR count). The van der Waals surface area contributed by atoms with Gasteiger partial charge in [-0.05, 0) is 32.8 Å². The van der Waals surface area contributed by atoms with E-state index in [-0.39, 0.29) is 16.8 Å². The highest BCUT2D eigenvalue weighted by atomic mass is 32.2. The van der Waals surface area contributed by atoms with Crippen LogP contribution in [0.15, 0.2) is 11.0 Å². The van der Waals surface area contributed by atoms with Crippen LogP contribution in [0.3, 0.4) is 0 Å². The highest BCUT2D eigenvalue weighted by molar-refractivity contribution is 7.89. The molecule has 2 aliphatic rings. The smallest absolute Gasteiger partial charge is 0.266 e. The van der Waals surface area contributed by atoms with Crippen LogP contribution in [0.25, 0.3) is 10.7 Å². The van der Waals surface area contributed by atoms with Gasteiger partial charge in [0.2, 0.25) is 10.0 Å². The molecule has 0 aromatic carbocycles. The van der Waals surface area contributed by atoms with Crippen molar-refractivity contribution in [3.05, 3.63) is 22.3 Å². The van der Waals surface area contributed by atoms with Crippen molar-refractivity contribution in [2.45, 2.75) is 63.3 Å². The molecular formula is C22H32N4O4S2. The fraction of sp³-hybridized carbons (Fsp3) is 0.636. The van der Waals surface area contributed by atoms with E-state index in [1.165, 1.54) is 24.2 Å². The third kappa shape index (κ3) is 4.78. The molecule has 1 N–H and O–H groups in total. The number of hydrogen-bond donors (Lipinski definition) is 1. The molecule has 32 heavy (non-hydrogen) atoms. The van der Waals surface area contributed by atoms with Gasteiger partial charge in [0.15, 0.2) is 0 Å².